The Bertz CT molecular complexity index is 963. The number of carbonyl (C=O) groups excluding carboxylic acids is 1. The zero-order valence-electron chi connectivity index (χ0n) is 15.1. The van der Waals surface area contributed by atoms with Gasteiger partial charge in [-0.2, -0.15) is 0 Å². The van der Waals surface area contributed by atoms with Crippen molar-refractivity contribution in [3.63, 3.8) is 0 Å². The van der Waals surface area contributed by atoms with Gasteiger partial charge >= 0.3 is 0 Å². The van der Waals surface area contributed by atoms with Crippen LogP contribution in [-0.4, -0.2) is 29.3 Å². The van der Waals surface area contributed by atoms with Gasteiger partial charge < -0.3 is 9.47 Å². The van der Waals surface area contributed by atoms with Gasteiger partial charge in [-0.05, 0) is 42.8 Å². The summed E-state index contributed by atoms with van der Waals surface area (Å²) in [5, 5.41) is 12.9. The Morgan fingerprint density at radius 3 is 2.61 bits per heavy atom. The van der Waals surface area contributed by atoms with Crippen molar-refractivity contribution in [3.8, 4) is 11.5 Å². The molecule has 28 heavy (non-hydrogen) atoms. The van der Waals surface area contributed by atoms with E-state index in [4.69, 9.17) is 32.7 Å². The minimum absolute atomic E-state index is 0.338. The van der Waals surface area contributed by atoms with Crippen LogP contribution in [0.25, 0.3) is 0 Å². The molecule has 146 valence electrons. The summed E-state index contributed by atoms with van der Waals surface area (Å²) in [6, 6.07) is 12.5. The quantitative estimate of drug-likeness (QED) is 0.571. The van der Waals surface area contributed by atoms with Gasteiger partial charge in [0.25, 0.3) is 5.91 Å². The molecule has 0 aliphatic carbocycles. The van der Waals surface area contributed by atoms with Crippen molar-refractivity contribution in [2.75, 3.05) is 12.4 Å². The molecule has 0 fully saturated rings. The molecule has 2 aromatic carbocycles. The van der Waals surface area contributed by atoms with Gasteiger partial charge in [-0.3, -0.25) is 10.1 Å². The summed E-state index contributed by atoms with van der Waals surface area (Å²) >= 11 is 13.2. The van der Waals surface area contributed by atoms with E-state index in [0.29, 0.717) is 27.3 Å². The molecule has 1 N–H and O–H groups in total. The van der Waals surface area contributed by atoms with E-state index in [1.165, 1.54) is 11.3 Å². The van der Waals surface area contributed by atoms with Crippen molar-refractivity contribution in [3.05, 3.63) is 63.1 Å². The Kier molecular flexibility index (Phi) is 6.72. The minimum atomic E-state index is -0.771. The van der Waals surface area contributed by atoms with Crippen molar-refractivity contribution >= 4 is 45.6 Å². The molecule has 9 heteroatoms. The minimum Gasteiger partial charge on any atom is -0.497 e. The Hall–Kier alpha value is -2.35. The van der Waals surface area contributed by atoms with Gasteiger partial charge in [0.05, 0.1) is 12.1 Å². The van der Waals surface area contributed by atoms with E-state index < -0.39 is 6.10 Å². The second-order valence-electron chi connectivity index (χ2n) is 5.85. The Labute approximate surface area is 176 Å². The molecule has 0 saturated heterocycles. The third-order valence-electron chi connectivity index (χ3n) is 3.78. The van der Waals surface area contributed by atoms with Crippen LogP contribution in [0.1, 0.15) is 17.5 Å². The number of aromatic nitrogens is 2. The van der Waals surface area contributed by atoms with E-state index in [0.717, 1.165) is 16.3 Å². The molecule has 3 rings (SSSR count). The van der Waals surface area contributed by atoms with Crippen LogP contribution in [0.4, 0.5) is 5.13 Å². The molecule has 0 spiro atoms. The standard InChI is InChI=1S/C19H17Cl2N3O3S/c1-11(27-16-8-5-13(20)10-15(16)21)18(25)22-19-24-23-17(28-19)9-12-3-6-14(26-2)7-4-12/h3-8,10-11H,9H2,1-2H3,(H,22,24,25)/t11-/m1/s1. The number of anilines is 1. The fraction of sp³-hybridized carbons (Fsp3) is 0.211. The molecule has 0 unspecified atom stereocenters. The van der Waals surface area contributed by atoms with E-state index in [1.54, 1.807) is 32.2 Å². The number of halogens is 2. The molecule has 0 bridgehead atoms. The third-order valence-corrected chi connectivity index (χ3v) is 5.15. The lowest BCUT2D eigenvalue weighted by molar-refractivity contribution is -0.122. The summed E-state index contributed by atoms with van der Waals surface area (Å²) in [5.41, 5.74) is 1.07. The molecular weight excluding hydrogens is 421 g/mol. The summed E-state index contributed by atoms with van der Waals surface area (Å²) in [6.45, 7) is 1.62. The van der Waals surface area contributed by atoms with Crippen LogP contribution in [0.5, 0.6) is 11.5 Å². The SMILES string of the molecule is COc1ccc(Cc2nnc(NC(=O)[C@@H](C)Oc3ccc(Cl)cc3Cl)s2)cc1. The maximum Gasteiger partial charge on any atom is 0.266 e. The summed E-state index contributed by atoms with van der Waals surface area (Å²) in [5.74, 6) is 0.827. The number of methoxy groups -OCH3 is 1. The molecule has 0 saturated carbocycles. The van der Waals surface area contributed by atoms with Crippen molar-refractivity contribution in [1.82, 2.24) is 10.2 Å². The summed E-state index contributed by atoms with van der Waals surface area (Å²) in [4.78, 5) is 12.4. The summed E-state index contributed by atoms with van der Waals surface area (Å²) in [7, 11) is 1.63. The van der Waals surface area contributed by atoms with E-state index in [1.807, 2.05) is 24.3 Å². The zero-order valence-corrected chi connectivity index (χ0v) is 17.4. The maximum atomic E-state index is 12.4. The van der Waals surface area contributed by atoms with Crippen LogP contribution in [0.2, 0.25) is 10.0 Å². The first-order valence-corrected chi connectivity index (χ1v) is 9.89. The molecule has 3 aromatic rings. The van der Waals surface area contributed by atoms with Gasteiger partial charge in [-0.15, -0.1) is 10.2 Å². The number of benzene rings is 2. The third kappa shape index (κ3) is 5.34. The number of carbonyl (C=O) groups is 1. The number of ether oxygens (including phenoxy) is 2. The van der Waals surface area contributed by atoms with Crippen molar-refractivity contribution in [2.24, 2.45) is 0 Å². The van der Waals surface area contributed by atoms with Crippen LogP contribution >= 0.6 is 34.5 Å². The molecular formula is C19H17Cl2N3O3S. The van der Waals surface area contributed by atoms with Crippen LogP contribution in [0.3, 0.4) is 0 Å². The lowest BCUT2D eigenvalue weighted by Crippen LogP contribution is -2.30. The van der Waals surface area contributed by atoms with Gasteiger partial charge in [0.2, 0.25) is 5.13 Å². The van der Waals surface area contributed by atoms with Crippen molar-refractivity contribution in [2.45, 2.75) is 19.4 Å². The van der Waals surface area contributed by atoms with Crippen LogP contribution in [0, 0.1) is 0 Å². The van der Waals surface area contributed by atoms with Crippen LogP contribution in [0.15, 0.2) is 42.5 Å². The van der Waals surface area contributed by atoms with Gasteiger partial charge in [0, 0.05) is 11.4 Å². The normalized spacial score (nSPS) is 11.7. The molecule has 1 atom stereocenters. The maximum absolute atomic E-state index is 12.4. The van der Waals surface area contributed by atoms with Gasteiger partial charge in [-0.1, -0.05) is 46.7 Å². The first kappa shape index (κ1) is 20.4. The molecule has 0 aliphatic rings. The summed E-state index contributed by atoms with van der Waals surface area (Å²) < 4.78 is 10.7. The highest BCUT2D eigenvalue weighted by atomic mass is 35.5. The highest BCUT2D eigenvalue weighted by Gasteiger charge is 2.18. The monoisotopic (exact) mass is 437 g/mol. The van der Waals surface area contributed by atoms with Gasteiger partial charge in [-0.25, -0.2) is 0 Å². The van der Waals surface area contributed by atoms with E-state index in [9.17, 15) is 4.79 Å². The number of hydrogen-bond acceptors (Lipinski definition) is 6. The molecule has 0 radical (unpaired) electrons. The Morgan fingerprint density at radius 1 is 1.18 bits per heavy atom. The fourth-order valence-electron chi connectivity index (χ4n) is 2.32. The number of amides is 1. The smallest absolute Gasteiger partial charge is 0.266 e. The van der Waals surface area contributed by atoms with E-state index in [2.05, 4.69) is 15.5 Å². The number of hydrogen-bond donors (Lipinski definition) is 1. The second-order valence-corrected chi connectivity index (χ2v) is 7.76. The molecule has 1 heterocycles. The predicted octanol–water partition coefficient (Wildman–Crippen LogP) is 4.85. The second kappa shape index (κ2) is 9.23. The van der Waals surface area contributed by atoms with Crippen LogP contribution in [-0.2, 0) is 11.2 Å². The predicted molar refractivity (Wildman–Crippen MR) is 111 cm³/mol. The Morgan fingerprint density at radius 2 is 1.93 bits per heavy atom. The van der Waals surface area contributed by atoms with Gasteiger partial charge in [0.15, 0.2) is 6.10 Å². The molecule has 1 amide bonds. The fourth-order valence-corrected chi connectivity index (χ4v) is 3.55. The summed E-state index contributed by atoms with van der Waals surface area (Å²) in [6.07, 6.45) is -0.156. The topological polar surface area (TPSA) is 73.3 Å². The Balaban J connectivity index is 1.58. The van der Waals surface area contributed by atoms with Crippen molar-refractivity contribution < 1.29 is 14.3 Å². The number of nitrogens with zero attached hydrogens (tertiary/aromatic N) is 2. The molecule has 1 aromatic heterocycles. The number of rotatable bonds is 7. The zero-order chi connectivity index (χ0) is 20.1. The first-order valence-electron chi connectivity index (χ1n) is 8.32. The lowest BCUT2D eigenvalue weighted by Gasteiger charge is -2.14. The highest BCUT2D eigenvalue weighted by Crippen LogP contribution is 2.28. The number of nitrogens with one attached hydrogen (secondary N) is 1. The van der Waals surface area contributed by atoms with E-state index >= 15 is 0 Å². The average molecular weight is 438 g/mol. The first-order chi connectivity index (χ1) is 13.4. The molecule has 0 aliphatic heterocycles. The van der Waals surface area contributed by atoms with Crippen molar-refractivity contribution in [1.29, 1.82) is 0 Å². The largest absolute Gasteiger partial charge is 0.497 e. The lowest BCUT2D eigenvalue weighted by atomic mass is 10.1. The average Bonchev–Trinajstić information content (AvgIpc) is 3.11. The van der Waals surface area contributed by atoms with Gasteiger partial charge in [0.1, 0.15) is 16.5 Å². The molecule has 6 nitrogen and oxygen atoms in total. The van der Waals surface area contributed by atoms with E-state index in [-0.39, 0.29) is 5.91 Å². The van der Waals surface area contributed by atoms with Crippen LogP contribution < -0.4 is 14.8 Å². The highest BCUT2D eigenvalue weighted by molar-refractivity contribution is 7.15.